The molecule has 9 heteroatoms. The largest absolute Gasteiger partial charge is 0.379 e. The van der Waals surface area contributed by atoms with E-state index in [1.54, 1.807) is 7.05 Å². The zero-order valence-electron chi connectivity index (χ0n) is 18.2. The van der Waals surface area contributed by atoms with E-state index in [4.69, 9.17) is 4.74 Å². The van der Waals surface area contributed by atoms with Gasteiger partial charge in [0, 0.05) is 65.3 Å². The van der Waals surface area contributed by atoms with E-state index in [0.29, 0.717) is 24.1 Å². The Labute approximate surface area is 209 Å². The molecule has 2 heterocycles. The highest BCUT2D eigenvalue weighted by Crippen LogP contribution is 2.27. The second-order valence-electron chi connectivity index (χ2n) is 7.27. The molecule has 2 aromatic rings. The predicted octanol–water partition coefficient (Wildman–Crippen LogP) is 3.16. The van der Waals surface area contributed by atoms with Crippen molar-refractivity contribution in [3.05, 3.63) is 57.8 Å². The first-order valence-electron chi connectivity index (χ1n) is 10.4. The van der Waals surface area contributed by atoms with E-state index in [2.05, 4.69) is 39.6 Å². The maximum Gasteiger partial charge on any atom is 0.191 e. The van der Waals surface area contributed by atoms with Gasteiger partial charge in [-0.05, 0) is 24.6 Å². The molecule has 0 aliphatic carbocycles. The van der Waals surface area contributed by atoms with Crippen LogP contribution in [0.1, 0.15) is 21.4 Å². The smallest absolute Gasteiger partial charge is 0.191 e. The molecule has 2 atom stereocenters. The first-order chi connectivity index (χ1) is 14.7. The molecule has 1 aliphatic heterocycles. The second-order valence-corrected chi connectivity index (χ2v) is 10.2. The van der Waals surface area contributed by atoms with Gasteiger partial charge in [0.1, 0.15) is 0 Å². The van der Waals surface area contributed by atoms with Crippen molar-refractivity contribution >= 4 is 52.1 Å². The number of nitrogens with one attached hydrogen (secondary N) is 2. The van der Waals surface area contributed by atoms with E-state index >= 15 is 0 Å². The minimum atomic E-state index is -0.899. The zero-order valence-corrected chi connectivity index (χ0v) is 22.2. The molecule has 0 spiro atoms. The Kier molecular flexibility index (Phi) is 12.0. The summed E-state index contributed by atoms with van der Waals surface area (Å²) in [5, 5.41) is 6.77. The van der Waals surface area contributed by atoms with Crippen molar-refractivity contribution in [1.82, 2.24) is 15.5 Å². The third-order valence-electron chi connectivity index (χ3n) is 5.06. The highest BCUT2D eigenvalue weighted by atomic mass is 127. The summed E-state index contributed by atoms with van der Waals surface area (Å²) >= 11 is 1.85. The van der Waals surface area contributed by atoms with Gasteiger partial charge in [0.15, 0.2) is 5.96 Å². The molecule has 0 bridgehead atoms. The summed E-state index contributed by atoms with van der Waals surface area (Å²) < 4.78 is 17.9. The normalized spacial score (nSPS) is 16.9. The van der Waals surface area contributed by atoms with Gasteiger partial charge in [-0.3, -0.25) is 14.1 Å². The molecule has 172 valence electrons. The number of ether oxygens (including phenoxy) is 1. The van der Waals surface area contributed by atoms with Gasteiger partial charge >= 0.3 is 0 Å². The molecule has 2 N–H and O–H groups in total. The van der Waals surface area contributed by atoms with Crippen LogP contribution >= 0.6 is 35.3 Å². The molecule has 0 radical (unpaired) electrons. The van der Waals surface area contributed by atoms with Gasteiger partial charge in [-0.15, -0.1) is 35.3 Å². The molecule has 2 unspecified atom stereocenters. The van der Waals surface area contributed by atoms with E-state index in [-0.39, 0.29) is 24.0 Å². The lowest BCUT2D eigenvalue weighted by Crippen LogP contribution is -2.46. The Morgan fingerprint density at radius 3 is 2.58 bits per heavy atom. The molecule has 1 aromatic carbocycles. The number of rotatable bonds is 9. The molecule has 1 saturated heterocycles. The van der Waals surface area contributed by atoms with Crippen molar-refractivity contribution < 1.29 is 8.95 Å². The van der Waals surface area contributed by atoms with Crippen LogP contribution in [0.25, 0.3) is 0 Å². The standard InChI is InChI=1S/C22H32N4O2S2.HI/c1-18-8-9-21(29-18)20(26-11-13-28-14-12-26)16-25-22(23-2)24-10-15-30(27)17-19-6-4-3-5-7-19;/h3-9,20H,10-17H2,1-2H3,(H2,23,24,25);1H. The molecule has 0 amide bonds. The number of benzene rings is 1. The topological polar surface area (TPSA) is 66.0 Å². The predicted molar refractivity (Wildman–Crippen MR) is 142 cm³/mol. The summed E-state index contributed by atoms with van der Waals surface area (Å²) in [5.41, 5.74) is 1.11. The SMILES string of the molecule is CN=C(NCCS(=O)Cc1ccccc1)NCC(c1ccc(C)s1)N1CCOCC1.I. The van der Waals surface area contributed by atoms with Crippen LogP contribution in [0.2, 0.25) is 0 Å². The molecule has 1 aliphatic rings. The quantitative estimate of drug-likeness (QED) is 0.273. The molecular weight excluding hydrogens is 543 g/mol. The fraction of sp³-hybridized carbons (Fsp3) is 0.500. The van der Waals surface area contributed by atoms with Crippen LogP contribution in [0.15, 0.2) is 47.5 Å². The Balaban J connectivity index is 0.00000341. The summed E-state index contributed by atoms with van der Waals surface area (Å²) in [5.74, 6) is 1.93. The number of thiophene rings is 1. The highest BCUT2D eigenvalue weighted by molar-refractivity contribution is 14.0. The van der Waals surface area contributed by atoms with E-state index in [0.717, 1.165) is 44.4 Å². The summed E-state index contributed by atoms with van der Waals surface area (Å²) in [6.45, 7) is 6.98. The summed E-state index contributed by atoms with van der Waals surface area (Å²) in [6.07, 6.45) is 0. The molecular formula is C22H33IN4O2S2. The van der Waals surface area contributed by atoms with Crippen molar-refractivity contribution in [2.24, 2.45) is 4.99 Å². The van der Waals surface area contributed by atoms with Crippen LogP contribution in [0.3, 0.4) is 0 Å². The lowest BCUT2D eigenvalue weighted by atomic mass is 10.2. The van der Waals surface area contributed by atoms with Crippen LogP contribution in [0.4, 0.5) is 0 Å². The van der Waals surface area contributed by atoms with Crippen molar-refractivity contribution in [3.8, 4) is 0 Å². The fourth-order valence-electron chi connectivity index (χ4n) is 3.46. The lowest BCUT2D eigenvalue weighted by Gasteiger charge is -2.34. The van der Waals surface area contributed by atoms with E-state index in [1.807, 2.05) is 41.7 Å². The first-order valence-corrected chi connectivity index (χ1v) is 12.7. The van der Waals surface area contributed by atoms with E-state index in [1.165, 1.54) is 9.75 Å². The Hall–Kier alpha value is -1.01. The maximum atomic E-state index is 12.3. The monoisotopic (exact) mass is 576 g/mol. The van der Waals surface area contributed by atoms with Crippen molar-refractivity contribution in [3.63, 3.8) is 0 Å². The van der Waals surface area contributed by atoms with E-state index < -0.39 is 10.8 Å². The number of hydrogen-bond donors (Lipinski definition) is 2. The van der Waals surface area contributed by atoms with Crippen LogP contribution in [-0.2, 0) is 21.3 Å². The number of morpholine rings is 1. The number of nitrogens with zero attached hydrogens (tertiary/aromatic N) is 2. The minimum absolute atomic E-state index is 0. The summed E-state index contributed by atoms with van der Waals surface area (Å²) in [6, 6.07) is 14.7. The Bertz CT molecular complexity index is 826. The van der Waals surface area contributed by atoms with Crippen LogP contribution in [0.5, 0.6) is 0 Å². The molecule has 6 nitrogen and oxygen atoms in total. The van der Waals surface area contributed by atoms with E-state index in [9.17, 15) is 4.21 Å². The van der Waals surface area contributed by atoms with Crippen LogP contribution < -0.4 is 10.6 Å². The van der Waals surface area contributed by atoms with Crippen molar-refractivity contribution in [1.29, 1.82) is 0 Å². The first kappa shape index (κ1) is 26.2. The number of halogens is 1. The van der Waals surface area contributed by atoms with Crippen molar-refractivity contribution in [2.75, 3.05) is 52.2 Å². The molecule has 0 saturated carbocycles. The van der Waals surface area contributed by atoms with Gasteiger partial charge < -0.3 is 15.4 Å². The lowest BCUT2D eigenvalue weighted by molar-refractivity contribution is 0.0177. The van der Waals surface area contributed by atoms with Gasteiger partial charge in [-0.25, -0.2) is 0 Å². The van der Waals surface area contributed by atoms with Gasteiger partial charge in [0.25, 0.3) is 0 Å². The number of guanidine groups is 1. The Morgan fingerprint density at radius 1 is 1.19 bits per heavy atom. The Morgan fingerprint density at radius 2 is 1.94 bits per heavy atom. The van der Waals surface area contributed by atoms with Crippen molar-refractivity contribution in [2.45, 2.75) is 18.7 Å². The third-order valence-corrected chi connectivity index (χ3v) is 7.47. The van der Waals surface area contributed by atoms with Crippen LogP contribution in [0, 0.1) is 6.92 Å². The van der Waals surface area contributed by atoms with Gasteiger partial charge in [-0.1, -0.05) is 30.3 Å². The minimum Gasteiger partial charge on any atom is -0.379 e. The summed E-state index contributed by atoms with van der Waals surface area (Å²) in [4.78, 5) is 9.50. The molecule has 1 aromatic heterocycles. The third kappa shape index (κ3) is 8.80. The summed E-state index contributed by atoms with van der Waals surface area (Å²) in [7, 11) is 0.874. The average molecular weight is 577 g/mol. The fourth-order valence-corrected chi connectivity index (χ4v) is 5.51. The van der Waals surface area contributed by atoms with Gasteiger partial charge in [0.2, 0.25) is 0 Å². The molecule has 3 rings (SSSR count). The van der Waals surface area contributed by atoms with Gasteiger partial charge in [-0.2, -0.15) is 0 Å². The van der Waals surface area contributed by atoms with Gasteiger partial charge in [0.05, 0.1) is 19.3 Å². The van der Waals surface area contributed by atoms with Crippen LogP contribution in [-0.4, -0.2) is 67.3 Å². The second kappa shape index (κ2) is 14.2. The molecule has 31 heavy (non-hydrogen) atoms. The molecule has 1 fully saturated rings. The number of aryl methyl sites for hydroxylation is 1. The maximum absolute atomic E-state index is 12.3. The average Bonchev–Trinajstić information content (AvgIpc) is 3.20. The number of hydrogen-bond acceptors (Lipinski definition) is 5. The number of aliphatic imine (C=N–C) groups is 1. The highest BCUT2D eigenvalue weighted by Gasteiger charge is 2.24. The zero-order chi connectivity index (χ0) is 21.2.